The fraction of sp³-hybridized carbons (Fsp3) is 0.333. The van der Waals surface area contributed by atoms with Gasteiger partial charge in [0.15, 0.2) is 4.77 Å². The maximum Gasteiger partial charge on any atom is 0.337 e. The van der Waals surface area contributed by atoms with Gasteiger partial charge in [-0.15, -0.1) is 0 Å². The number of hydrogen-bond acceptors (Lipinski definition) is 7. The molecule has 0 bridgehead atoms. The highest BCUT2D eigenvalue weighted by molar-refractivity contribution is 7.71. The molecule has 2 N–H and O–H groups in total. The number of benzene rings is 2. The van der Waals surface area contributed by atoms with E-state index in [1.165, 1.54) is 23.8 Å². The number of H-pyrrole nitrogens is 1. The van der Waals surface area contributed by atoms with E-state index < -0.39 is 5.97 Å². The molecule has 3 aromatic rings. The molecule has 2 heterocycles. The van der Waals surface area contributed by atoms with Crippen molar-refractivity contribution in [1.29, 1.82) is 0 Å². The Labute approximate surface area is 201 Å². The summed E-state index contributed by atoms with van der Waals surface area (Å²) in [5.74, 6) is -0.666. The van der Waals surface area contributed by atoms with Crippen LogP contribution in [0.25, 0.3) is 16.6 Å². The molecule has 0 saturated carbocycles. The van der Waals surface area contributed by atoms with Crippen LogP contribution in [0.5, 0.6) is 0 Å². The monoisotopic (exact) mass is 482 g/mol. The van der Waals surface area contributed by atoms with E-state index >= 15 is 0 Å². The van der Waals surface area contributed by atoms with Crippen LogP contribution in [0.15, 0.2) is 47.3 Å². The summed E-state index contributed by atoms with van der Waals surface area (Å²) in [4.78, 5) is 42.7. The average molecular weight is 483 g/mol. The van der Waals surface area contributed by atoms with Gasteiger partial charge in [0, 0.05) is 25.2 Å². The van der Waals surface area contributed by atoms with Crippen LogP contribution >= 0.6 is 12.2 Å². The predicted octanol–water partition coefficient (Wildman–Crippen LogP) is 2.29. The van der Waals surface area contributed by atoms with Gasteiger partial charge in [-0.1, -0.05) is 0 Å². The second-order valence-electron chi connectivity index (χ2n) is 7.93. The van der Waals surface area contributed by atoms with Crippen molar-refractivity contribution in [3.8, 4) is 5.69 Å². The van der Waals surface area contributed by atoms with E-state index in [-0.39, 0.29) is 16.2 Å². The van der Waals surface area contributed by atoms with Gasteiger partial charge < -0.3 is 19.8 Å². The van der Waals surface area contributed by atoms with Gasteiger partial charge in [-0.3, -0.25) is 19.1 Å². The van der Waals surface area contributed by atoms with Crippen LogP contribution in [0, 0.1) is 4.77 Å². The number of nitrogens with one attached hydrogen (secondary N) is 2. The van der Waals surface area contributed by atoms with E-state index in [2.05, 4.69) is 15.2 Å². The molecule has 0 aliphatic carbocycles. The molecule has 178 valence electrons. The highest BCUT2D eigenvalue weighted by atomic mass is 32.1. The number of aromatic nitrogens is 2. The molecular formula is C24H26N4O5S. The maximum atomic E-state index is 13.1. The lowest BCUT2D eigenvalue weighted by molar-refractivity contribution is 0.0374. The van der Waals surface area contributed by atoms with Gasteiger partial charge >= 0.3 is 5.97 Å². The standard InChI is InChI=1S/C24H26N4O5S/c1-32-23(31)17-5-8-19-20(15-17)26-24(34)28(22(19)30)18-6-3-16(4-7-18)21(29)25-9-2-10-27-11-13-33-14-12-27/h3-8,15H,2,9-14H2,1H3,(H,25,29)(H,26,34). The van der Waals surface area contributed by atoms with Crippen LogP contribution in [-0.2, 0) is 9.47 Å². The van der Waals surface area contributed by atoms with E-state index in [9.17, 15) is 14.4 Å². The molecule has 1 aliphatic heterocycles. The molecule has 10 heteroatoms. The van der Waals surface area contributed by atoms with E-state index in [0.717, 1.165) is 39.3 Å². The van der Waals surface area contributed by atoms with Gasteiger partial charge in [0.2, 0.25) is 0 Å². The lowest BCUT2D eigenvalue weighted by Gasteiger charge is -2.26. The fourth-order valence-corrected chi connectivity index (χ4v) is 4.19. The molecule has 4 rings (SSSR count). The molecule has 0 unspecified atom stereocenters. The van der Waals surface area contributed by atoms with Crippen molar-refractivity contribution < 1.29 is 19.1 Å². The quantitative estimate of drug-likeness (QED) is 0.302. The van der Waals surface area contributed by atoms with Gasteiger partial charge in [-0.05, 0) is 67.6 Å². The molecule has 0 atom stereocenters. The van der Waals surface area contributed by atoms with E-state index in [0.29, 0.717) is 34.3 Å². The topological polar surface area (TPSA) is 106 Å². The molecule has 34 heavy (non-hydrogen) atoms. The minimum absolute atomic E-state index is 0.167. The Bertz CT molecular complexity index is 1310. The minimum atomic E-state index is -0.500. The largest absolute Gasteiger partial charge is 0.465 e. The third-order valence-electron chi connectivity index (χ3n) is 5.75. The first-order valence-corrected chi connectivity index (χ1v) is 11.4. The summed E-state index contributed by atoms with van der Waals surface area (Å²) in [6, 6.07) is 11.3. The van der Waals surface area contributed by atoms with E-state index in [1.807, 2.05) is 0 Å². The highest BCUT2D eigenvalue weighted by Gasteiger charge is 2.13. The molecular weight excluding hydrogens is 456 g/mol. The summed E-state index contributed by atoms with van der Waals surface area (Å²) in [6.07, 6.45) is 0.864. The number of methoxy groups -OCH3 is 1. The average Bonchev–Trinajstić information content (AvgIpc) is 2.86. The van der Waals surface area contributed by atoms with Gasteiger partial charge in [0.05, 0.1) is 42.5 Å². The first kappa shape index (κ1) is 23.8. The van der Waals surface area contributed by atoms with Crippen molar-refractivity contribution in [3.05, 3.63) is 68.7 Å². The maximum absolute atomic E-state index is 13.1. The van der Waals surface area contributed by atoms with Gasteiger partial charge in [-0.25, -0.2) is 4.79 Å². The molecule has 9 nitrogen and oxygen atoms in total. The van der Waals surface area contributed by atoms with Gasteiger partial charge in [0.25, 0.3) is 11.5 Å². The fourth-order valence-electron chi connectivity index (χ4n) is 3.89. The van der Waals surface area contributed by atoms with E-state index in [4.69, 9.17) is 21.7 Å². The van der Waals surface area contributed by atoms with Crippen molar-refractivity contribution >= 4 is 35.0 Å². The van der Waals surface area contributed by atoms with Crippen molar-refractivity contribution in [2.75, 3.05) is 46.5 Å². The van der Waals surface area contributed by atoms with Crippen LogP contribution in [0.1, 0.15) is 27.1 Å². The Hall–Kier alpha value is -3.34. The number of fused-ring (bicyclic) bond motifs is 1. The number of carbonyl (C=O) groups excluding carboxylic acids is 2. The summed E-state index contributed by atoms with van der Waals surface area (Å²) >= 11 is 5.40. The van der Waals surface area contributed by atoms with Crippen LogP contribution in [0.4, 0.5) is 0 Å². The van der Waals surface area contributed by atoms with Crippen molar-refractivity contribution in [1.82, 2.24) is 19.8 Å². The lowest BCUT2D eigenvalue weighted by atomic mass is 10.1. The summed E-state index contributed by atoms with van der Waals surface area (Å²) in [5, 5.41) is 3.31. The van der Waals surface area contributed by atoms with Crippen molar-refractivity contribution in [2.24, 2.45) is 0 Å². The highest BCUT2D eigenvalue weighted by Crippen LogP contribution is 2.15. The normalized spacial score (nSPS) is 14.1. The first-order chi connectivity index (χ1) is 16.5. The Balaban J connectivity index is 1.46. The smallest absolute Gasteiger partial charge is 0.337 e. The number of carbonyl (C=O) groups is 2. The van der Waals surface area contributed by atoms with Crippen LogP contribution < -0.4 is 10.9 Å². The number of amides is 1. The molecule has 0 spiro atoms. The number of morpholine rings is 1. The second kappa shape index (κ2) is 10.7. The summed E-state index contributed by atoms with van der Waals surface area (Å²) in [5.41, 5.74) is 1.48. The van der Waals surface area contributed by atoms with Crippen molar-refractivity contribution in [2.45, 2.75) is 6.42 Å². The van der Waals surface area contributed by atoms with Crippen LogP contribution in [0.2, 0.25) is 0 Å². The SMILES string of the molecule is COC(=O)c1ccc2c(=O)n(-c3ccc(C(=O)NCCCN4CCOCC4)cc3)c(=S)[nH]c2c1. The Kier molecular flexibility index (Phi) is 7.51. The number of rotatable bonds is 7. The van der Waals surface area contributed by atoms with E-state index in [1.54, 1.807) is 30.3 Å². The zero-order chi connectivity index (χ0) is 24.1. The zero-order valence-corrected chi connectivity index (χ0v) is 19.7. The third-order valence-corrected chi connectivity index (χ3v) is 6.03. The van der Waals surface area contributed by atoms with Crippen molar-refractivity contribution in [3.63, 3.8) is 0 Å². The van der Waals surface area contributed by atoms with Crippen LogP contribution in [0.3, 0.4) is 0 Å². The molecule has 0 radical (unpaired) electrons. The third kappa shape index (κ3) is 5.24. The van der Waals surface area contributed by atoms with Gasteiger partial charge in [-0.2, -0.15) is 0 Å². The number of hydrogen-bond donors (Lipinski definition) is 2. The molecule has 2 aromatic carbocycles. The zero-order valence-electron chi connectivity index (χ0n) is 18.8. The number of nitrogens with zero attached hydrogens (tertiary/aromatic N) is 2. The number of esters is 1. The lowest BCUT2D eigenvalue weighted by Crippen LogP contribution is -2.38. The molecule has 1 saturated heterocycles. The summed E-state index contributed by atoms with van der Waals surface area (Å²) in [6.45, 7) is 4.89. The Morgan fingerprint density at radius 2 is 1.82 bits per heavy atom. The van der Waals surface area contributed by atoms with Crippen LogP contribution in [-0.4, -0.2) is 72.8 Å². The molecule has 1 amide bonds. The molecule has 1 fully saturated rings. The predicted molar refractivity (Wildman–Crippen MR) is 130 cm³/mol. The minimum Gasteiger partial charge on any atom is -0.465 e. The second-order valence-corrected chi connectivity index (χ2v) is 8.32. The first-order valence-electron chi connectivity index (χ1n) is 11.0. The molecule has 1 aromatic heterocycles. The summed E-state index contributed by atoms with van der Waals surface area (Å²) in [7, 11) is 1.29. The Morgan fingerprint density at radius 1 is 1.12 bits per heavy atom. The van der Waals surface area contributed by atoms with Gasteiger partial charge in [0.1, 0.15) is 0 Å². The summed E-state index contributed by atoms with van der Waals surface area (Å²) < 4.78 is 11.6. The molecule has 1 aliphatic rings. The Morgan fingerprint density at radius 3 is 2.53 bits per heavy atom. The number of aromatic amines is 1. The number of ether oxygens (including phenoxy) is 2.